The van der Waals surface area contributed by atoms with Gasteiger partial charge in [-0.3, -0.25) is 0 Å². The maximum atomic E-state index is 9.16. The van der Waals surface area contributed by atoms with Crippen molar-refractivity contribution in [2.75, 3.05) is 20.3 Å². The highest BCUT2D eigenvalue weighted by Gasteiger charge is 2.05. The molecule has 6 rings (SSSR count). The molecule has 0 radical (unpaired) electrons. The second-order valence-electron chi connectivity index (χ2n) is 7.33. The van der Waals surface area contributed by atoms with E-state index in [1.807, 2.05) is 10.6 Å². The second kappa shape index (κ2) is 12.0. The first kappa shape index (κ1) is 26.4. The van der Waals surface area contributed by atoms with Crippen LogP contribution in [0.2, 0.25) is 15.1 Å². The summed E-state index contributed by atoms with van der Waals surface area (Å²) in [6, 6.07) is 5.09. The number of hydrogen-bond donors (Lipinski definition) is 2. The van der Waals surface area contributed by atoms with Crippen molar-refractivity contribution in [2.24, 2.45) is 0 Å². The van der Waals surface area contributed by atoms with E-state index in [1.54, 1.807) is 77.5 Å². The van der Waals surface area contributed by atoms with Gasteiger partial charge in [-0.2, -0.15) is 0 Å². The highest BCUT2D eigenvalue weighted by atomic mass is 35.5. The molecule has 0 saturated heterocycles. The van der Waals surface area contributed by atoms with Gasteiger partial charge in [-0.25, -0.2) is 15.0 Å². The van der Waals surface area contributed by atoms with E-state index in [0.717, 1.165) is 16.9 Å². The number of ether oxygens (including phenoxy) is 2. The van der Waals surface area contributed by atoms with Crippen molar-refractivity contribution in [3.8, 4) is 17.2 Å². The Balaban J connectivity index is 0.000000131. The quantitative estimate of drug-likeness (QED) is 0.309. The molecule has 0 aromatic carbocycles. The van der Waals surface area contributed by atoms with Gasteiger partial charge < -0.3 is 32.9 Å². The van der Waals surface area contributed by atoms with E-state index >= 15 is 0 Å². The maximum Gasteiger partial charge on any atom is 0.154 e. The van der Waals surface area contributed by atoms with Crippen molar-refractivity contribution in [1.29, 1.82) is 0 Å². The van der Waals surface area contributed by atoms with E-state index in [9.17, 15) is 0 Å². The van der Waals surface area contributed by atoms with Gasteiger partial charge in [0.25, 0.3) is 0 Å². The van der Waals surface area contributed by atoms with Crippen LogP contribution in [0.3, 0.4) is 0 Å². The number of rotatable bonds is 4. The Labute approximate surface area is 225 Å². The van der Waals surface area contributed by atoms with E-state index in [1.165, 1.54) is 6.20 Å². The van der Waals surface area contributed by atoms with Crippen LogP contribution >= 0.6 is 34.8 Å². The fourth-order valence-corrected chi connectivity index (χ4v) is 3.75. The molecule has 37 heavy (non-hydrogen) atoms. The lowest BCUT2D eigenvalue weighted by Crippen LogP contribution is -2.02. The van der Waals surface area contributed by atoms with Crippen LogP contribution in [0, 0.1) is 0 Å². The number of hydrogen-bond acceptors (Lipinski definition) is 7. The fourth-order valence-electron chi connectivity index (χ4n) is 3.17. The Bertz CT molecular complexity index is 1600. The monoisotopic (exact) mass is 562 g/mol. The molecule has 6 aromatic heterocycles. The summed E-state index contributed by atoms with van der Waals surface area (Å²) in [5.74, 6) is 1.27. The molecule has 0 unspecified atom stereocenters. The van der Waals surface area contributed by atoms with Crippen LogP contribution in [0.25, 0.3) is 16.9 Å². The number of aliphatic hydroxyl groups is 1. The van der Waals surface area contributed by atoms with Crippen LogP contribution in [-0.2, 0) is 0 Å². The highest BCUT2D eigenvalue weighted by molar-refractivity contribution is 6.32. The predicted octanol–water partition coefficient (Wildman–Crippen LogP) is 5.05. The molecule has 0 aliphatic carbocycles. The van der Waals surface area contributed by atoms with Crippen molar-refractivity contribution in [3.63, 3.8) is 0 Å². The fraction of sp³-hybridized carbons (Fsp3) is 0.125. The summed E-state index contributed by atoms with van der Waals surface area (Å²) in [6.07, 6.45) is 15.5. The average molecular weight is 564 g/mol. The number of aromatic hydroxyl groups is 1. The van der Waals surface area contributed by atoms with Gasteiger partial charge in [0.1, 0.15) is 23.5 Å². The van der Waals surface area contributed by atoms with Crippen LogP contribution < -0.4 is 9.47 Å². The maximum absolute atomic E-state index is 9.16. The number of aromatic nitrogens is 6. The largest absolute Gasteiger partial charge is 0.505 e. The molecule has 0 atom stereocenters. The lowest BCUT2D eigenvalue weighted by Gasteiger charge is -2.06. The van der Waals surface area contributed by atoms with Crippen molar-refractivity contribution in [3.05, 3.63) is 89.0 Å². The number of methoxy groups -OCH3 is 1. The molecule has 13 heteroatoms. The Morgan fingerprint density at radius 1 is 0.730 bits per heavy atom. The van der Waals surface area contributed by atoms with Crippen LogP contribution in [0.1, 0.15) is 0 Å². The summed E-state index contributed by atoms with van der Waals surface area (Å²) in [5.41, 5.74) is 2.32. The van der Waals surface area contributed by atoms with Crippen LogP contribution in [0.4, 0.5) is 0 Å². The zero-order valence-electron chi connectivity index (χ0n) is 19.4. The summed E-state index contributed by atoms with van der Waals surface area (Å²) < 4.78 is 15.6. The zero-order chi connectivity index (χ0) is 26.4. The Hall–Kier alpha value is -3.70. The Morgan fingerprint density at radius 3 is 1.70 bits per heavy atom. The number of fused-ring (bicyclic) bond motifs is 3. The minimum absolute atomic E-state index is 0.0295. The number of aliphatic hydroxyl groups excluding tert-OH is 1. The van der Waals surface area contributed by atoms with Crippen LogP contribution in [-0.4, -0.2) is 58.7 Å². The van der Waals surface area contributed by atoms with Gasteiger partial charge in [-0.1, -0.05) is 34.8 Å². The molecule has 0 saturated carbocycles. The van der Waals surface area contributed by atoms with E-state index < -0.39 is 0 Å². The van der Waals surface area contributed by atoms with Crippen molar-refractivity contribution in [2.45, 2.75) is 0 Å². The first-order valence-corrected chi connectivity index (χ1v) is 11.9. The summed E-state index contributed by atoms with van der Waals surface area (Å²) in [4.78, 5) is 12.1. The third kappa shape index (κ3) is 6.36. The summed E-state index contributed by atoms with van der Waals surface area (Å²) >= 11 is 17.5. The van der Waals surface area contributed by atoms with Gasteiger partial charge in [0.05, 0.1) is 47.4 Å². The number of nitrogens with zero attached hydrogens (tertiary/aromatic N) is 6. The van der Waals surface area contributed by atoms with E-state index in [-0.39, 0.29) is 19.0 Å². The zero-order valence-corrected chi connectivity index (χ0v) is 21.6. The van der Waals surface area contributed by atoms with Crippen LogP contribution in [0.5, 0.6) is 17.2 Å². The first-order valence-electron chi connectivity index (χ1n) is 10.7. The predicted molar refractivity (Wildman–Crippen MR) is 141 cm³/mol. The molecule has 0 aliphatic rings. The summed E-state index contributed by atoms with van der Waals surface area (Å²) in [7, 11) is 1.59. The molecule has 6 aromatic rings. The summed E-state index contributed by atoms with van der Waals surface area (Å²) in [6.45, 7) is 0.207. The third-order valence-corrected chi connectivity index (χ3v) is 5.82. The number of imidazole rings is 3. The highest BCUT2D eigenvalue weighted by Crippen LogP contribution is 2.26. The van der Waals surface area contributed by atoms with Crippen LogP contribution in [0.15, 0.2) is 74.0 Å². The topological polar surface area (TPSA) is 111 Å². The minimum Gasteiger partial charge on any atom is -0.505 e. The Kier molecular flexibility index (Phi) is 8.57. The SMILES string of the molecule is COc1cn2ccnc2cc1Cl.OCCOc1cn2ccnc2cc1Cl.Oc1cn2ccnc2cc1Cl. The molecule has 0 spiro atoms. The Morgan fingerprint density at radius 2 is 1.19 bits per heavy atom. The van der Waals surface area contributed by atoms with Crippen molar-refractivity contribution >= 4 is 51.7 Å². The average Bonchev–Trinajstić information content (AvgIpc) is 3.64. The molecule has 6 heterocycles. The lowest BCUT2D eigenvalue weighted by molar-refractivity contribution is 0.201. The molecule has 2 N–H and O–H groups in total. The van der Waals surface area contributed by atoms with Gasteiger partial charge in [-0.15, -0.1) is 0 Å². The molecule has 0 fully saturated rings. The second-order valence-corrected chi connectivity index (χ2v) is 8.55. The van der Waals surface area contributed by atoms with Gasteiger partial charge in [0.2, 0.25) is 0 Å². The number of halogens is 3. The smallest absolute Gasteiger partial charge is 0.154 e. The minimum atomic E-state index is -0.0295. The molecule has 10 nitrogen and oxygen atoms in total. The molecule has 0 bridgehead atoms. The van der Waals surface area contributed by atoms with Gasteiger partial charge in [0, 0.05) is 55.4 Å². The molecule has 192 valence electrons. The van der Waals surface area contributed by atoms with Gasteiger partial charge in [0.15, 0.2) is 17.2 Å². The van der Waals surface area contributed by atoms with Gasteiger partial charge in [-0.05, 0) is 0 Å². The lowest BCUT2D eigenvalue weighted by atomic mass is 10.4. The standard InChI is InChI=1S/C9H9ClN2O2.C8H7ClN2O.C7H5ClN2O/c10-7-5-9-11-1-2-12(9)6-8(7)14-4-3-13;1-12-7-5-11-3-2-10-8(11)4-6(7)9;8-5-3-7-9-1-2-10(7)4-6(5)11/h1-2,5-6,13H,3-4H2;2-5H,1H3;1-4,11H. The van der Waals surface area contributed by atoms with Crippen molar-refractivity contribution in [1.82, 2.24) is 28.2 Å². The molecule has 0 aliphatic heterocycles. The molecule has 0 amide bonds. The summed E-state index contributed by atoms with van der Waals surface area (Å²) in [5, 5.41) is 19.2. The van der Waals surface area contributed by atoms with E-state index in [0.29, 0.717) is 26.6 Å². The number of pyridine rings is 3. The molecular formula is C24H21Cl3N6O4. The van der Waals surface area contributed by atoms with Gasteiger partial charge >= 0.3 is 0 Å². The van der Waals surface area contributed by atoms with E-state index in [2.05, 4.69) is 15.0 Å². The van der Waals surface area contributed by atoms with Crippen molar-refractivity contribution < 1.29 is 19.7 Å². The van der Waals surface area contributed by atoms with E-state index in [4.69, 9.17) is 54.5 Å². The first-order chi connectivity index (χ1) is 17.9. The molecular weight excluding hydrogens is 543 g/mol. The normalized spacial score (nSPS) is 10.6. The third-order valence-electron chi connectivity index (χ3n) is 4.92.